The summed E-state index contributed by atoms with van der Waals surface area (Å²) in [5, 5.41) is 12.2. The monoisotopic (exact) mass is 532 g/mol. The number of pyridine rings is 1. The highest BCUT2D eigenvalue weighted by Gasteiger charge is 2.33. The number of halogens is 2. The third-order valence-corrected chi connectivity index (χ3v) is 6.31. The summed E-state index contributed by atoms with van der Waals surface area (Å²) in [5.41, 5.74) is -1.32. The number of nitrogens with zero attached hydrogens (tertiary/aromatic N) is 4. The Kier molecular flexibility index (Phi) is 7.44. The van der Waals surface area contributed by atoms with Crippen LogP contribution in [0.1, 0.15) is 56.4 Å². The molecule has 1 saturated carbocycles. The number of carboxylic acid groups (broad SMARTS) is 1. The van der Waals surface area contributed by atoms with E-state index in [-0.39, 0.29) is 28.2 Å². The van der Waals surface area contributed by atoms with Crippen LogP contribution in [0.15, 0.2) is 35.8 Å². The van der Waals surface area contributed by atoms with Gasteiger partial charge in [0.05, 0.1) is 27.7 Å². The second kappa shape index (κ2) is 10.4. The third-order valence-electron chi connectivity index (χ3n) is 5.95. The number of imidazole rings is 1. The van der Waals surface area contributed by atoms with Crippen molar-refractivity contribution in [2.75, 3.05) is 18.0 Å². The molecule has 5 rings (SSSR count). The van der Waals surface area contributed by atoms with Gasteiger partial charge in [-0.05, 0) is 46.1 Å². The van der Waals surface area contributed by atoms with Crippen molar-refractivity contribution in [3.8, 4) is 0 Å². The van der Waals surface area contributed by atoms with Crippen LogP contribution in [0.3, 0.4) is 0 Å². The highest BCUT2D eigenvalue weighted by atomic mass is 35.5. The predicted octanol–water partition coefficient (Wildman–Crippen LogP) is 3.97. The van der Waals surface area contributed by atoms with Gasteiger partial charge in [-0.15, -0.1) is 0 Å². The first-order chi connectivity index (χ1) is 17.5. The van der Waals surface area contributed by atoms with E-state index in [0.29, 0.717) is 25.0 Å². The molecule has 2 aromatic heterocycles. The molecule has 12 heteroatoms. The van der Waals surface area contributed by atoms with Crippen molar-refractivity contribution < 1.29 is 23.8 Å². The van der Waals surface area contributed by atoms with Gasteiger partial charge in [0.2, 0.25) is 5.43 Å². The molecule has 0 spiro atoms. The fourth-order valence-corrected chi connectivity index (χ4v) is 4.67. The molecule has 1 unspecified atom stereocenters. The van der Waals surface area contributed by atoms with Crippen LogP contribution in [0.2, 0.25) is 5.02 Å². The average Bonchev–Trinajstić information content (AvgIpc) is 3.25. The maximum Gasteiger partial charge on any atom is 0.407 e. The fourth-order valence-electron chi connectivity index (χ4n) is 4.26. The number of benzene rings is 1. The van der Waals surface area contributed by atoms with Crippen LogP contribution in [0.4, 0.5) is 14.9 Å². The van der Waals surface area contributed by atoms with Gasteiger partial charge in [-0.2, -0.15) is 0 Å². The number of aromatic carboxylic acids is 1. The highest BCUT2D eigenvalue weighted by Crippen LogP contribution is 2.42. The maximum absolute atomic E-state index is 15.2. The zero-order valence-corrected chi connectivity index (χ0v) is 21.5. The van der Waals surface area contributed by atoms with Crippen LogP contribution in [0, 0.1) is 5.82 Å². The number of rotatable bonds is 4. The Morgan fingerprint density at radius 2 is 2.03 bits per heavy atom. The standard InChI is InChI=1S/C22H25ClFN3O5.C3H3N2/c1-22(2,3)32-21(31)25-11-6-7-26(9-11)18-15(24)8-13-17(16(18)23)27(12-4-5-12)10-14(19(13)28)20(29)30;1-2-5-3-4-1/h8,10-12H,4-7,9H2,1-3H3,(H,25,31)(H,29,30);1-3H/q;-1. The fraction of sp³-hybridized carbons (Fsp3) is 0.440. The second-order valence-electron chi connectivity index (χ2n) is 10.0. The van der Waals surface area contributed by atoms with E-state index in [9.17, 15) is 19.5 Å². The summed E-state index contributed by atoms with van der Waals surface area (Å²) in [6, 6.07) is 0.835. The van der Waals surface area contributed by atoms with Gasteiger partial charge in [-0.1, -0.05) is 30.3 Å². The number of nitrogens with one attached hydrogen (secondary N) is 1. The van der Waals surface area contributed by atoms with Gasteiger partial charge in [0.1, 0.15) is 17.0 Å². The van der Waals surface area contributed by atoms with Gasteiger partial charge in [0, 0.05) is 25.3 Å². The first-order valence-corrected chi connectivity index (χ1v) is 12.3. The molecule has 37 heavy (non-hydrogen) atoms. The molecular formula is C25H28ClFN5O5-. The van der Waals surface area contributed by atoms with E-state index < -0.39 is 34.5 Å². The van der Waals surface area contributed by atoms with Gasteiger partial charge in [0.15, 0.2) is 0 Å². The van der Waals surface area contributed by atoms with E-state index in [1.165, 1.54) is 12.5 Å². The number of carbonyl (C=O) groups excluding carboxylic acids is 1. The quantitative estimate of drug-likeness (QED) is 0.516. The van der Waals surface area contributed by atoms with E-state index in [1.807, 2.05) is 0 Å². The van der Waals surface area contributed by atoms with Crippen LogP contribution < -0.4 is 20.6 Å². The molecule has 1 atom stereocenters. The summed E-state index contributed by atoms with van der Waals surface area (Å²) >= 11 is 6.65. The van der Waals surface area contributed by atoms with E-state index in [1.54, 1.807) is 42.6 Å². The lowest BCUT2D eigenvalue weighted by Gasteiger charge is -2.24. The Hall–Kier alpha value is -3.60. The molecule has 0 radical (unpaired) electrons. The maximum atomic E-state index is 15.2. The molecule has 1 aliphatic carbocycles. The summed E-state index contributed by atoms with van der Waals surface area (Å²) in [7, 11) is 0. The predicted molar refractivity (Wildman–Crippen MR) is 136 cm³/mol. The number of hydrogen-bond acceptors (Lipinski definition) is 6. The van der Waals surface area contributed by atoms with Crippen molar-refractivity contribution in [2.24, 2.45) is 0 Å². The smallest absolute Gasteiger partial charge is 0.407 e. The van der Waals surface area contributed by atoms with Gasteiger partial charge in [0.25, 0.3) is 0 Å². The Labute approximate surface area is 217 Å². The van der Waals surface area contributed by atoms with Gasteiger partial charge in [-0.3, -0.25) is 4.79 Å². The molecule has 1 saturated heterocycles. The first-order valence-electron chi connectivity index (χ1n) is 11.9. The van der Waals surface area contributed by atoms with Crippen molar-refractivity contribution in [2.45, 2.75) is 57.7 Å². The molecular weight excluding hydrogens is 505 g/mol. The van der Waals surface area contributed by atoms with E-state index in [2.05, 4.69) is 15.3 Å². The molecule has 2 fully saturated rings. The molecule has 1 aliphatic heterocycles. The summed E-state index contributed by atoms with van der Waals surface area (Å²) in [6.45, 7) is 6.08. The topological polar surface area (TPSA) is 128 Å². The number of aromatic nitrogens is 3. The Balaban J connectivity index is 0.000000572. The minimum absolute atomic E-state index is 0.0205. The first kappa shape index (κ1) is 26.5. The largest absolute Gasteiger partial charge is 0.477 e. The summed E-state index contributed by atoms with van der Waals surface area (Å²) in [6.07, 6.45) is 7.76. The number of ether oxygens (including phenoxy) is 1. The number of amides is 1. The number of alkyl carbamates (subject to hydrolysis) is 1. The van der Waals surface area contributed by atoms with E-state index in [0.717, 1.165) is 18.9 Å². The lowest BCUT2D eigenvalue weighted by molar-refractivity contribution is 0.0508. The molecule has 2 N–H and O–H groups in total. The number of anilines is 1. The second-order valence-corrected chi connectivity index (χ2v) is 10.4. The average molecular weight is 533 g/mol. The Bertz CT molecular complexity index is 1350. The van der Waals surface area contributed by atoms with Gasteiger partial charge >= 0.3 is 12.1 Å². The van der Waals surface area contributed by atoms with Crippen molar-refractivity contribution in [3.63, 3.8) is 0 Å². The molecule has 198 valence electrons. The minimum atomic E-state index is -1.36. The van der Waals surface area contributed by atoms with Crippen molar-refractivity contribution in [1.29, 1.82) is 0 Å². The summed E-state index contributed by atoms with van der Waals surface area (Å²) in [5.74, 6) is -2.06. The SMILES string of the molecule is CC(C)(C)OC(=O)NC1CCN(c2c(F)cc3c(=O)c(C(=O)O)cn(C4CC4)c3c2Cl)C1.c1c[n-]cn1. The van der Waals surface area contributed by atoms with E-state index >= 15 is 4.39 Å². The molecule has 1 aromatic carbocycles. The zero-order chi connectivity index (χ0) is 26.9. The highest BCUT2D eigenvalue weighted by molar-refractivity contribution is 6.38. The lowest BCUT2D eigenvalue weighted by Crippen LogP contribution is -2.40. The zero-order valence-electron chi connectivity index (χ0n) is 20.7. The van der Waals surface area contributed by atoms with Crippen molar-refractivity contribution in [1.82, 2.24) is 19.9 Å². The third kappa shape index (κ3) is 6.04. The number of fused-ring (bicyclic) bond motifs is 1. The molecule has 0 bridgehead atoms. The number of hydrogen-bond donors (Lipinski definition) is 2. The molecule has 1 amide bonds. The Morgan fingerprint density at radius 3 is 2.57 bits per heavy atom. The van der Waals surface area contributed by atoms with Crippen LogP contribution in [-0.4, -0.2) is 51.5 Å². The lowest BCUT2D eigenvalue weighted by atomic mass is 10.1. The van der Waals surface area contributed by atoms with Crippen LogP contribution in [0.25, 0.3) is 10.9 Å². The van der Waals surface area contributed by atoms with Crippen LogP contribution >= 0.6 is 11.6 Å². The summed E-state index contributed by atoms with van der Waals surface area (Å²) < 4.78 is 22.1. The normalized spacial score (nSPS) is 17.3. The van der Waals surface area contributed by atoms with Gasteiger partial charge < -0.3 is 34.6 Å². The molecule has 3 aromatic rings. The van der Waals surface area contributed by atoms with Gasteiger partial charge in [-0.25, -0.2) is 14.0 Å². The van der Waals surface area contributed by atoms with Crippen LogP contribution in [0.5, 0.6) is 0 Å². The minimum Gasteiger partial charge on any atom is -0.477 e. The van der Waals surface area contributed by atoms with Crippen LogP contribution in [-0.2, 0) is 4.74 Å². The van der Waals surface area contributed by atoms with Crippen molar-refractivity contribution in [3.05, 3.63) is 57.6 Å². The molecule has 3 heterocycles. The molecule has 10 nitrogen and oxygen atoms in total. The van der Waals surface area contributed by atoms with E-state index in [4.69, 9.17) is 16.3 Å². The van der Waals surface area contributed by atoms with Crippen molar-refractivity contribution >= 4 is 40.3 Å². The number of carboxylic acids is 1. The summed E-state index contributed by atoms with van der Waals surface area (Å²) in [4.78, 5) is 45.2. The Morgan fingerprint density at radius 1 is 1.30 bits per heavy atom. The number of carbonyl (C=O) groups is 2. The molecule has 2 aliphatic rings.